The minimum Gasteiger partial charge on any atom is -0.395 e. The molecule has 0 amide bonds. The number of benzene rings is 1. The van der Waals surface area contributed by atoms with Crippen LogP contribution in [-0.2, 0) is 0 Å². The van der Waals surface area contributed by atoms with E-state index in [2.05, 4.69) is 19.7 Å². The van der Waals surface area contributed by atoms with Gasteiger partial charge in [0.2, 0.25) is 0 Å². The number of hydrogen-bond acceptors (Lipinski definition) is 5. The second-order valence-electron chi connectivity index (χ2n) is 5.70. The zero-order chi connectivity index (χ0) is 16.7. The van der Waals surface area contributed by atoms with Gasteiger partial charge in [-0.15, -0.1) is 20.1 Å². The average molecular weight is 373 g/mol. The number of thiophene rings is 1. The highest BCUT2D eigenvalue weighted by molar-refractivity contribution is 7.16. The third kappa shape index (κ3) is 3.09. The molecule has 0 unspecified atom stereocenters. The van der Waals surface area contributed by atoms with E-state index in [4.69, 9.17) is 11.6 Å². The Labute approximate surface area is 146 Å². The molecule has 2 aromatic rings. The van der Waals surface area contributed by atoms with Gasteiger partial charge in [-0.3, -0.25) is 4.90 Å². The largest absolute Gasteiger partial charge is 0.586 e. The highest BCUT2D eigenvalue weighted by atomic mass is 35.5. The summed E-state index contributed by atoms with van der Waals surface area (Å²) in [5.41, 5.74) is 0.885. The summed E-state index contributed by atoms with van der Waals surface area (Å²) in [4.78, 5) is 3.39. The van der Waals surface area contributed by atoms with Gasteiger partial charge in [-0.25, -0.2) is 0 Å². The maximum absolute atomic E-state index is 13.3. The molecular formula is C16H15ClF2N2O2S. The fraction of sp³-hybridized carbons (Fsp3) is 0.375. The van der Waals surface area contributed by atoms with Crippen molar-refractivity contribution < 1.29 is 18.3 Å². The second kappa shape index (κ2) is 6.15. The Kier molecular flexibility index (Phi) is 4.12. The van der Waals surface area contributed by atoms with Gasteiger partial charge < -0.3 is 14.8 Å². The Bertz CT molecular complexity index is 749. The van der Waals surface area contributed by atoms with Crippen molar-refractivity contribution in [2.24, 2.45) is 0 Å². The van der Waals surface area contributed by atoms with Gasteiger partial charge in [-0.1, -0.05) is 17.7 Å². The van der Waals surface area contributed by atoms with Crippen LogP contribution < -0.4 is 14.8 Å². The lowest BCUT2D eigenvalue weighted by atomic mass is 10.0. The number of alkyl halides is 2. The lowest BCUT2D eigenvalue weighted by Gasteiger charge is -2.34. The van der Waals surface area contributed by atoms with E-state index in [0.717, 1.165) is 36.6 Å². The number of halogens is 3. The van der Waals surface area contributed by atoms with E-state index in [9.17, 15) is 8.78 Å². The molecule has 1 aromatic carbocycles. The lowest BCUT2D eigenvalue weighted by Crippen LogP contribution is -2.45. The summed E-state index contributed by atoms with van der Waals surface area (Å²) in [6.07, 6.45) is -3.60. The van der Waals surface area contributed by atoms with Crippen LogP contribution in [0, 0.1) is 0 Å². The Morgan fingerprint density at radius 3 is 2.58 bits per heavy atom. The highest BCUT2D eigenvalue weighted by Gasteiger charge is 2.43. The molecule has 1 atom stereocenters. The van der Waals surface area contributed by atoms with Crippen molar-refractivity contribution in [3.05, 3.63) is 45.1 Å². The van der Waals surface area contributed by atoms with Gasteiger partial charge in [-0.05, 0) is 29.8 Å². The van der Waals surface area contributed by atoms with E-state index in [1.54, 1.807) is 6.07 Å². The van der Waals surface area contributed by atoms with Crippen molar-refractivity contribution in [1.82, 2.24) is 10.2 Å². The van der Waals surface area contributed by atoms with E-state index in [1.165, 1.54) is 17.4 Å². The molecule has 1 saturated heterocycles. The third-order valence-electron chi connectivity index (χ3n) is 4.12. The molecular weight excluding hydrogens is 358 g/mol. The van der Waals surface area contributed by atoms with Gasteiger partial charge in [0.25, 0.3) is 0 Å². The van der Waals surface area contributed by atoms with Crippen molar-refractivity contribution in [2.45, 2.75) is 12.3 Å². The van der Waals surface area contributed by atoms with Crippen LogP contribution in [0.2, 0.25) is 4.34 Å². The molecule has 0 saturated carbocycles. The van der Waals surface area contributed by atoms with Gasteiger partial charge in [0.15, 0.2) is 11.5 Å². The molecule has 2 aliphatic heterocycles. The molecule has 0 radical (unpaired) electrons. The molecule has 2 aliphatic rings. The predicted molar refractivity (Wildman–Crippen MR) is 88.3 cm³/mol. The van der Waals surface area contributed by atoms with Crippen LogP contribution in [0.1, 0.15) is 16.5 Å². The molecule has 4 nitrogen and oxygen atoms in total. The number of nitrogens with zero attached hydrogens (tertiary/aromatic N) is 1. The van der Waals surface area contributed by atoms with Gasteiger partial charge in [0.05, 0.1) is 10.4 Å². The maximum Gasteiger partial charge on any atom is 0.586 e. The van der Waals surface area contributed by atoms with Crippen LogP contribution in [0.5, 0.6) is 11.5 Å². The van der Waals surface area contributed by atoms with Crippen LogP contribution in [0.3, 0.4) is 0 Å². The normalized spacial score (nSPS) is 21.0. The fourth-order valence-electron chi connectivity index (χ4n) is 3.11. The first kappa shape index (κ1) is 16.1. The third-order valence-corrected chi connectivity index (χ3v) is 5.40. The summed E-state index contributed by atoms with van der Waals surface area (Å²) in [5.74, 6) is 0.132. The molecule has 0 bridgehead atoms. The van der Waals surface area contributed by atoms with Crippen LogP contribution in [0.25, 0.3) is 0 Å². The minimum absolute atomic E-state index is 0.0484. The van der Waals surface area contributed by atoms with Gasteiger partial charge in [0.1, 0.15) is 0 Å². The molecule has 4 rings (SSSR count). The fourth-order valence-corrected chi connectivity index (χ4v) is 4.33. The van der Waals surface area contributed by atoms with E-state index < -0.39 is 6.29 Å². The Balaban J connectivity index is 1.71. The Hall–Kier alpha value is -1.41. The number of hydrogen-bond donors (Lipinski definition) is 1. The number of rotatable bonds is 3. The molecule has 0 spiro atoms. The molecule has 128 valence electrons. The lowest BCUT2D eigenvalue weighted by molar-refractivity contribution is -0.286. The molecule has 1 aromatic heterocycles. The summed E-state index contributed by atoms with van der Waals surface area (Å²) in [7, 11) is 0. The Morgan fingerprint density at radius 1 is 1.12 bits per heavy atom. The minimum atomic E-state index is -3.60. The number of fused-ring (bicyclic) bond motifs is 1. The van der Waals surface area contributed by atoms with E-state index >= 15 is 0 Å². The molecule has 24 heavy (non-hydrogen) atoms. The standard InChI is InChI=1S/C16H15ClF2N2O2S/c17-14-4-3-13(24-14)15(21-7-5-20-6-8-21)10-1-2-11-12(9-10)23-16(18,19)22-11/h1-4,9,15,20H,5-8H2/t15-/m1/s1. The van der Waals surface area contributed by atoms with Crippen LogP contribution >= 0.6 is 22.9 Å². The molecule has 1 N–H and O–H groups in total. The molecule has 0 aliphatic carbocycles. The average Bonchev–Trinajstić information content (AvgIpc) is 3.10. The van der Waals surface area contributed by atoms with E-state index in [1.807, 2.05) is 18.2 Å². The van der Waals surface area contributed by atoms with Crippen molar-refractivity contribution in [3.63, 3.8) is 0 Å². The first-order valence-corrected chi connectivity index (χ1v) is 8.81. The maximum atomic E-state index is 13.3. The molecule has 1 fully saturated rings. The van der Waals surface area contributed by atoms with E-state index in [0.29, 0.717) is 4.34 Å². The first-order valence-electron chi connectivity index (χ1n) is 7.62. The summed E-state index contributed by atoms with van der Waals surface area (Å²) >= 11 is 7.61. The van der Waals surface area contributed by atoms with Crippen LogP contribution in [-0.4, -0.2) is 37.4 Å². The number of nitrogens with one attached hydrogen (secondary N) is 1. The van der Waals surface area contributed by atoms with E-state index in [-0.39, 0.29) is 17.5 Å². The van der Waals surface area contributed by atoms with Gasteiger partial charge in [0, 0.05) is 31.1 Å². The summed E-state index contributed by atoms with van der Waals surface area (Å²) < 4.78 is 36.3. The van der Waals surface area contributed by atoms with Crippen molar-refractivity contribution in [3.8, 4) is 11.5 Å². The van der Waals surface area contributed by atoms with Crippen molar-refractivity contribution in [2.75, 3.05) is 26.2 Å². The molecule has 8 heteroatoms. The van der Waals surface area contributed by atoms with Crippen LogP contribution in [0.15, 0.2) is 30.3 Å². The predicted octanol–water partition coefficient (Wildman–Crippen LogP) is 3.72. The summed E-state index contributed by atoms with van der Waals surface area (Å²) in [6.45, 7) is 3.51. The number of piperazine rings is 1. The zero-order valence-corrected chi connectivity index (χ0v) is 14.2. The highest BCUT2D eigenvalue weighted by Crippen LogP contribution is 2.44. The van der Waals surface area contributed by atoms with Crippen LogP contribution in [0.4, 0.5) is 8.78 Å². The monoisotopic (exact) mass is 372 g/mol. The second-order valence-corrected chi connectivity index (χ2v) is 7.45. The van der Waals surface area contributed by atoms with Crippen molar-refractivity contribution >= 4 is 22.9 Å². The van der Waals surface area contributed by atoms with Gasteiger partial charge >= 0.3 is 6.29 Å². The SMILES string of the molecule is FC1(F)Oc2ccc([C@H](c3ccc(Cl)s3)N3CCNCC3)cc2O1. The number of ether oxygens (including phenoxy) is 2. The topological polar surface area (TPSA) is 33.7 Å². The Morgan fingerprint density at radius 2 is 1.88 bits per heavy atom. The smallest absolute Gasteiger partial charge is 0.395 e. The molecule has 3 heterocycles. The summed E-state index contributed by atoms with van der Waals surface area (Å²) in [5, 5.41) is 3.32. The zero-order valence-electron chi connectivity index (χ0n) is 12.6. The summed E-state index contributed by atoms with van der Waals surface area (Å²) in [6, 6.07) is 8.78. The first-order chi connectivity index (χ1) is 11.5. The van der Waals surface area contributed by atoms with Gasteiger partial charge in [-0.2, -0.15) is 0 Å². The quantitative estimate of drug-likeness (QED) is 0.890. The van der Waals surface area contributed by atoms with Crippen molar-refractivity contribution in [1.29, 1.82) is 0 Å².